The molecule has 13 heavy (non-hydrogen) atoms. The van der Waals surface area contributed by atoms with Crippen molar-refractivity contribution in [2.75, 3.05) is 0 Å². The number of halogens is 1. The summed E-state index contributed by atoms with van der Waals surface area (Å²) < 4.78 is 12.6. The fraction of sp³-hybridized carbons (Fsp3) is 0.400. The van der Waals surface area contributed by atoms with E-state index in [9.17, 15) is 4.39 Å². The summed E-state index contributed by atoms with van der Waals surface area (Å²) in [5.41, 5.74) is 1.22. The van der Waals surface area contributed by atoms with Crippen molar-refractivity contribution >= 4 is 9.76 Å². The van der Waals surface area contributed by atoms with E-state index in [0.29, 0.717) is 0 Å². The Labute approximate surface area is 80.5 Å². The SMILES string of the molecule is CCCC([Si]O)c1ccc(F)cc1. The second kappa shape index (κ2) is 5.14. The van der Waals surface area contributed by atoms with Crippen molar-refractivity contribution < 1.29 is 9.19 Å². The Morgan fingerprint density at radius 2 is 2.00 bits per heavy atom. The van der Waals surface area contributed by atoms with Gasteiger partial charge in [-0.25, -0.2) is 4.39 Å². The van der Waals surface area contributed by atoms with Crippen molar-refractivity contribution in [3.05, 3.63) is 35.6 Å². The maximum absolute atomic E-state index is 12.6. The van der Waals surface area contributed by atoms with Gasteiger partial charge in [0.15, 0.2) is 0 Å². The molecule has 1 aromatic carbocycles. The van der Waals surface area contributed by atoms with Gasteiger partial charge in [0, 0.05) is 5.54 Å². The average molecular weight is 196 g/mol. The summed E-state index contributed by atoms with van der Waals surface area (Å²) in [7, 11) is -0.0925. The number of hydrogen-bond acceptors (Lipinski definition) is 1. The van der Waals surface area contributed by atoms with Crippen LogP contribution in [-0.4, -0.2) is 14.6 Å². The van der Waals surface area contributed by atoms with Crippen LogP contribution in [-0.2, 0) is 0 Å². The molecule has 3 heteroatoms. The van der Waals surface area contributed by atoms with Gasteiger partial charge in [-0.2, -0.15) is 0 Å². The number of rotatable bonds is 4. The standard InChI is InChI=1S/C10H13FOSi/c1-2-3-10(13-12)8-4-6-9(11)7-5-8/h4-7,10,12H,2-3H2,1H3. The molecule has 1 unspecified atom stereocenters. The molecule has 0 fully saturated rings. The van der Waals surface area contributed by atoms with Gasteiger partial charge < -0.3 is 4.80 Å². The Kier molecular flexibility index (Phi) is 4.12. The molecule has 1 nitrogen and oxygen atoms in total. The minimum atomic E-state index is -0.222. The molecule has 0 heterocycles. The molecular formula is C10H13FOSi. The molecule has 0 aliphatic carbocycles. The molecule has 1 aromatic rings. The van der Waals surface area contributed by atoms with Crippen LogP contribution in [0.3, 0.4) is 0 Å². The zero-order valence-corrected chi connectivity index (χ0v) is 8.63. The lowest BCUT2D eigenvalue weighted by atomic mass is 10.1. The van der Waals surface area contributed by atoms with E-state index in [4.69, 9.17) is 4.80 Å². The molecule has 1 atom stereocenters. The summed E-state index contributed by atoms with van der Waals surface area (Å²) >= 11 is 0. The molecule has 0 spiro atoms. The lowest BCUT2D eigenvalue weighted by molar-refractivity contribution is 0.567. The van der Waals surface area contributed by atoms with E-state index in [1.807, 2.05) is 0 Å². The molecule has 0 amide bonds. The number of benzene rings is 1. The van der Waals surface area contributed by atoms with Crippen LogP contribution in [0.25, 0.3) is 0 Å². The van der Waals surface area contributed by atoms with E-state index in [-0.39, 0.29) is 21.1 Å². The topological polar surface area (TPSA) is 20.2 Å². The zero-order valence-electron chi connectivity index (χ0n) is 7.63. The van der Waals surface area contributed by atoms with Crippen LogP contribution in [0.5, 0.6) is 0 Å². The van der Waals surface area contributed by atoms with Crippen molar-refractivity contribution in [2.24, 2.45) is 0 Å². The van der Waals surface area contributed by atoms with Crippen molar-refractivity contribution in [1.29, 1.82) is 0 Å². The van der Waals surface area contributed by atoms with Gasteiger partial charge in [-0.3, -0.25) is 0 Å². The van der Waals surface area contributed by atoms with E-state index >= 15 is 0 Å². The van der Waals surface area contributed by atoms with Crippen LogP contribution >= 0.6 is 0 Å². The van der Waals surface area contributed by atoms with Crippen LogP contribution < -0.4 is 0 Å². The van der Waals surface area contributed by atoms with Gasteiger partial charge in [0.05, 0.1) is 0 Å². The summed E-state index contributed by atoms with van der Waals surface area (Å²) in [4.78, 5) is 9.11. The quantitative estimate of drug-likeness (QED) is 0.732. The van der Waals surface area contributed by atoms with Crippen molar-refractivity contribution in [2.45, 2.75) is 25.3 Å². The van der Waals surface area contributed by atoms with E-state index in [0.717, 1.165) is 18.4 Å². The Morgan fingerprint density at radius 1 is 1.38 bits per heavy atom. The molecule has 1 N–H and O–H groups in total. The van der Waals surface area contributed by atoms with Crippen LogP contribution in [0, 0.1) is 5.82 Å². The van der Waals surface area contributed by atoms with Crippen LogP contribution in [0.15, 0.2) is 24.3 Å². The van der Waals surface area contributed by atoms with Crippen molar-refractivity contribution in [3.8, 4) is 0 Å². The summed E-state index contributed by atoms with van der Waals surface area (Å²) in [5, 5.41) is 0. The van der Waals surface area contributed by atoms with E-state index < -0.39 is 0 Å². The molecule has 0 aliphatic heterocycles. The maximum Gasteiger partial charge on any atom is 0.232 e. The molecule has 1 rings (SSSR count). The molecule has 70 valence electrons. The van der Waals surface area contributed by atoms with Crippen molar-refractivity contribution in [3.63, 3.8) is 0 Å². The van der Waals surface area contributed by atoms with Gasteiger partial charge >= 0.3 is 0 Å². The first-order valence-corrected chi connectivity index (χ1v) is 5.45. The molecule has 0 aliphatic rings. The Bertz CT molecular complexity index is 248. The Balaban J connectivity index is 2.73. The molecule has 0 saturated heterocycles. The van der Waals surface area contributed by atoms with Gasteiger partial charge in [0.1, 0.15) is 5.82 Å². The first kappa shape index (κ1) is 10.4. The average Bonchev–Trinajstić information content (AvgIpc) is 2.16. The normalized spacial score (nSPS) is 12.8. The van der Waals surface area contributed by atoms with Crippen LogP contribution in [0.1, 0.15) is 30.9 Å². The second-order valence-electron chi connectivity index (χ2n) is 3.02. The number of hydrogen-bond donors (Lipinski definition) is 1. The van der Waals surface area contributed by atoms with Gasteiger partial charge in [0.25, 0.3) is 0 Å². The van der Waals surface area contributed by atoms with Crippen LogP contribution in [0.4, 0.5) is 4.39 Å². The Morgan fingerprint density at radius 3 is 2.46 bits per heavy atom. The van der Waals surface area contributed by atoms with Gasteiger partial charge in [0.2, 0.25) is 9.76 Å². The predicted molar refractivity (Wildman–Crippen MR) is 52.0 cm³/mol. The highest BCUT2D eigenvalue weighted by Gasteiger charge is 2.10. The molecule has 0 aromatic heterocycles. The van der Waals surface area contributed by atoms with E-state index in [1.165, 1.54) is 12.1 Å². The van der Waals surface area contributed by atoms with E-state index in [2.05, 4.69) is 6.92 Å². The molecule has 0 saturated carbocycles. The first-order valence-electron chi connectivity index (χ1n) is 4.43. The second-order valence-corrected chi connectivity index (χ2v) is 3.98. The fourth-order valence-corrected chi connectivity index (χ4v) is 2.05. The van der Waals surface area contributed by atoms with Gasteiger partial charge in [-0.1, -0.05) is 25.5 Å². The lowest BCUT2D eigenvalue weighted by Gasteiger charge is -2.11. The fourth-order valence-electron chi connectivity index (χ4n) is 1.29. The third-order valence-corrected chi connectivity index (χ3v) is 2.94. The third kappa shape index (κ3) is 2.93. The smallest absolute Gasteiger partial charge is 0.232 e. The minimum absolute atomic E-state index is 0.0925. The van der Waals surface area contributed by atoms with Crippen molar-refractivity contribution in [1.82, 2.24) is 0 Å². The Hall–Kier alpha value is -0.673. The third-order valence-electron chi connectivity index (χ3n) is 2.01. The van der Waals surface area contributed by atoms with Gasteiger partial charge in [-0.05, 0) is 24.1 Å². The molecule has 0 bridgehead atoms. The predicted octanol–water partition coefficient (Wildman–Crippen LogP) is 2.28. The highest BCUT2D eigenvalue weighted by atomic mass is 28.2. The highest BCUT2D eigenvalue weighted by Crippen LogP contribution is 2.19. The van der Waals surface area contributed by atoms with Crippen LogP contribution in [0.2, 0.25) is 0 Å². The maximum atomic E-state index is 12.6. The summed E-state index contributed by atoms with van der Waals surface area (Å²) in [5.74, 6) is -0.222. The van der Waals surface area contributed by atoms with Gasteiger partial charge in [-0.15, -0.1) is 0 Å². The molecular weight excluding hydrogens is 183 g/mol. The summed E-state index contributed by atoms with van der Waals surface area (Å²) in [6.45, 7) is 2.08. The summed E-state index contributed by atoms with van der Waals surface area (Å²) in [6, 6.07) is 6.38. The first-order chi connectivity index (χ1) is 6.27. The monoisotopic (exact) mass is 196 g/mol. The zero-order chi connectivity index (χ0) is 9.68. The lowest BCUT2D eigenvalue weighted by Crippen LogP contribution is -2.07. The van der Waals surface area contributed by atoms with E-state index in [1.54, 1.807) is 12.1 Å². The molecule has 2 radical (unpaired) electrons. The minimum Gasteiger partial charge on any atom is -0.431 e. The summed E-state index contributed by atoms with van der Waals surface area (Å²) in [6.07, 6.45) is 2.00. The largest absolute Gasteiger partial charge is 0.431 e. The highest BCUT2D eigenvalue weighted by molar-refractivity contribution is 6.28.